The maximum Gasteiger partial charge on any atom is 0.153 e. The summed E-state index contributed by atoms with van der Waals surface area (Å²) in [6, 6.07) is 0. The first kappa shape index (κ1) is 13.7. The highest BCUT2D eigenvalue weighted by Gasteiger charge is 2.55. The first-order valence-corrected chi connectivity index (χ1v) is 8.30. The number of hydrogen-bond acceptors (Lipinski definition) is 2. The summed E-state index contributed by atoms with van der Waals surface area (Å²) >= 11 is 6.84. The molecule has 5 atom stereocenters. The second-order valence-electron chi connectivity index (χ2n) is 5.18. The van der Waals surface area contributed by atoms with E-state index in [1.54, 1.807) is 4.99 Å². The number of fused-ring (bicyclic) bond motifs is 1. The summed E-state index contributed by atoms with van der Waals surface area (Å²) in [5.41, 5.74) is 3.03. The minimum atomic E-state index is 0.0854. The molecule has 0 radical (unpaired) electrons. The van der Waals surface area contributed by atoms with Gasteiger partial charge in [0.05, 0.1) is 6.10 Å². The molecule has 102 valence electrons. The van der Waals surface area contributed by atoms with Crippen molar-refractivity contribution in [3.63, 3.8) is 0 Å². The maximum atomic E-state index is 6.10. The van der Waals surface area contributed by atoms with Crippen molar-refractivity contribution in [2.24, 2.45) is 11.8 Å². The van der Waals surface area contributed by atoms with Gasteiger partial charge in [-0.05, 0) is 25.3 Å². The average molecular weight is 388 g/mol. The molecular weight excluding hydrogens is 372 g/mol. The summed E-state index contributed by atoms with van der Waals surface area (Å²) in [7, 11) is 0. The van der Waals surface area contributed by atoms with Crippen molar-refractivity contribution in [2.45, 2.75) is 38.1 Å². The lowest BCUT2D eigenvalue weighted by Crippen LogP contribution is -2.50. The monoisotopic (exact) mass is 386 g/mol. The van der Waals surface area contributed by atoms with Crippen molar-refractivity contribution in [1.29, 1.82) is 0 Å². The van der Waals surface area contributed by atoms with E-state index in [1.807, 2.05) is 6.08 Å². The van der Waals surface area contributed by atoms with Gasteiger partial charge in [0, 0.05) is 21.8 Å². The summed E-state index contributed by atoms with van der Waals surface area (Å²) < 4.78 is 13.2. The lowest BCUT2D eigenvalue weighted by Gasteiger charge is -2.45. The van der Waals surface area contributed by atoms with Crippen LogP contribution < -0.4 is 0 Å². The quantitative estimate of drug-likeness (QED) is 0.527. The molecule has 0 spiro atoms. The van der Waals surface area contributed by atoms with Gasteiger partial charge in [-0.25, -0.2) is 0 Å². The zero-order valence-corrected chi connectivity index (χ0v) is 13.9. The van der Waals surface area contributed by atoms with Gasteiger partial charge in [-0.1, -0.05) is 44.0 Å². The molecule has 0 amide bonds. The third-order valence-corrected chi connectivity index (χ3v) is 4.87. The molecule has 0 aromatic rings. The minimum Gasteiger partial charge on any atom is -0.487 e. The molecule has 2 heterocycles. The normalized spacial score (nSPS) is 40.1. The molecule has 19 heavy (non-hydrogen) atoms. The van der Waals surface area contributed by atoms with Gasteiger partial charge in [-0.2, -0.15) is 0 Å². The van der Waals surface area contributed by atoms with Gasteiger partial charge in [0.15, 0.2) is 6.10 Å². The van der Waals surface area contributed by atoms with Crippen LogP contribution in [0.25, 0.3) is 0 Å². The van der Waals surface area contributed by atoms with Crippen LogP contribution in [0.5, 0.6) is 0 Å². The van der Waals surface area contributed by atoms with Crippen molar-refractivity contribution in [2.75, 3.05) is 0 Å². The fraction of sp³-hybridized carbons (Fsp3) is 0.533. The van der Waals surface area contributed by atoms with Crippen LogP contribution in [-0.4, -0.2) is 18.3 Å². The molecule has 0 aromatic heterocycles. The van der Waals surface area contributed by atoms with Crippen LogP contribution in [-0.2, 0) is 9.47 Å². The summed E-state index contributed by atoms with van der Waals surface area (Å²) in [4.78, 5) is 1.72. The van der Waals surface area contributed by atoms with Gasteiger partial charge in [0.25, 0.3) is 0 Å². The molecule has 0 bridgehead atoms. The fourth-order valence-corrected chi connectivity index (χ4v) is 3.65. The van der Waals surface area contributed by atoms with Crippen LogP contribution in [0.3, 0.4) is 0 Å². The number of hydrogen-bond donors (Lipinski definition) is 0. The number of ether oxygens (including phenoxy) is 2. The Morgan fingerprint density at radius 2 is 2.26 bits per heavy atom. The first-order chi connectivity index (χ1) is 9.24. The van der Waals surface area contributed by atoms with Crippen LogP contribution in [0.15, 0.2) is 39.2 Å². The molecule has 1 saturated carbocycles. The van der Waals surface area contributed by atoms with Crippen molar-refractivity contribution < 1.29 is 9.47 Å². The molecule has 0 aromatic carbocycles. The second-order valence-corrected chi connectivity index (χ2v) is 6.60. The Labute approximate surface area is 130 Å². The third-order valence-electron chi connectivity index (χ3n) is 3.89. The molecule has 0 unspecified atom stereocenters. The number of allylic oxidation sites excluding steroid dienone is 2. The van der Waals surface area contributed by atoms with E-state index < -0.39 is 0 Å². The van der Waals surface area contributed by atoms with Gasteiger partial charge in [-0.15, -0.1) is 5.73 Å². The van der Waals surface area contributed by atoms with Crippen LogP contribution in [0.2, 0.25) is 0 Å². The third kappa shape index (κ3) is 2.64. The van der Waals surface area contributed by atoms with Crippen LogP contribution in [0.4, 0.5) is 0 Å². The summed E-state index contributed by atoms with van der Waals surface area (Å²) in [5.74, 6) is 2.31. The van der Waals surface area contributed by atoms with Gasteiger partial charge >= 0.3 is 0 Å². The summed E-state index contributed by atoms with van der Waals surface area (Å²) in [6.07, 6.45) is 8.86. The predicted octanol–water partition coefficient (Wildman–Crippen LogP) is 4.43. The molecule has 2 aliphatic heterocycles. The maximum absolute atomic E-state index is 6.10. The molecule has 3 aliphatic rings. The Bertz CT molecular complexity index is 488. The Hall–Kier alpha value is -0.280. The van der Waals surface area contributed by atoms with E-state index in [0.29, 0.717) is 11.8 Å². The molecule has 2 nitrogen and oxygen atoms in total. The largest absolute Gasteiger partial charge is 0.487 e. The van der Waals surface area contributed by atoms with Crippen molar-refractivity contribution in [3.8, 4) is 0 Å². The topological polar surface area (TPSA) is 18.5 Å². The highest BCUT2D eigenvalue weighted by Crippen LogP contribution is 2.53. The van der Waals surface area contributed by atoms with Crippen LogP contribution in [0, 0.1) is 11.8 Å². The van der Waals surface area contributed by atoms with E-state index in [4.69, 9.17) is 9.47 Å². The SMILES string of the molecule is C/C=C\[C@@H]1C[C@@H]1[C@@H]1OC2=C(Br)C[C@@H](C=C=CBr)O[C@H]21. The van der Waals surface area contributed by atoms with Crippen molar-refractivity contribution in [1.82, 2.24) is 0 Å². The molecule has 1 aliphatic carbocycles. The Balaban J connectivity index is 1.68. The van der Waals surface area contributed by atoms with Gasteiger partial charge in [0.2, 0.25) is 0 Å². The number of rotatable bonds is 3. The second kappa shape index (κ2) is 5.61. The van der Waals surface area contributed by atoms with E-state index >= 15 is 0 Å². The summed E-state index contributed by atoms with van der Waals surface area (Å²) in [5, 5.41) is 0. The highest BCUT2D eigenvalue weighted by molar-refractivity contribution is 9.11. The molecule has 3 rings (SSSR count). The van der Waals surface area contributed by atoms with E-state index in [9.17, 15) is 0 Å². The fourth-order valence-electron chi connectivity index (χ4n) is 2.86. The van der Waals surface area contributed by atoms with E-state index in [-0.39, 0.29) is 18.3 Å². The smallest absolute Gasteiger partial charge is 0.153 e. The molecule has 4 heteroatoms. The lowest BCUT2D eigenvalue weighted by molar-refractivity contribution is -0.167. The van der Waals surface area contributed by atoms with Gasteiger partial charge in [-0.3, -0.25) is 0 Å². The zero-order valence-electron chi connectivity index (χ0n) is 10.7. The van der Waals surface area contributed by atoms with Crippen molar-refractivity contribution in [3.05, 3.63) is 39.2 Å². The standard InChI is InChI=1S/C15H16Br2O2/c1-2-4-9-7-11(9)13-15-14(19-13)12(17)8-10(18-15)5-3-6-16/h2,4-6,9-11,13,15H,7-8H2,1H3/b4-2-/t3?,9-,10-,11+,13+,15+/m1/s1. The van der Waals surface area contributed by atoms with Crippen LogP contribution in [0.1, 0.15) is 19.8 Å². The lowest BCUT2D eigenvalue weighted by atomic mass is 9.95. The van der Waals surface area contributed by atoms with Gasteiger partial charge < -0.3 is 9.47 Å². The highest BCUT2D eigenvalue weighted by atomic mass is 79.9. The van der Waals surface area contributed by atoms with Crippen molar-refractivity contribution >= 4 is 31.9 Å². The Kier molecular flexibility index (Phi) is 4.04. The van der Waals surface area contributed by atoms with E-state index in [1.165, 1.54) is 6.42 Å². The zero-order chi connectivity index (χ0) is 13.4. The van der Waals surface area contributed by atoms with Gasteiger partial charge in [0.1, 0.15) is 11.9 Å². The molecule has 1 saturated heterocycles. The van der Waals surface area contributed by atoms with E-state index in [0.717, 1.165) is 16.7 Å². The van der Waals surface area contributed by atoms with E-state index in [2.05, 4.69) is 56.7 Å². The first-order valence-electron chi connectivity index (χ1n) is 6.59. The Morgan fingerprint density at radius 1 is 1.42 bits per heavy atom. The Morgan fingerprint density at radius 3 is 3.00 bits per heavy atom. The summed E-state index contributed by atoms with van der Waals surface area (Å²) in [6.45, 7) is 2.07. The number of halogens is 2. The molecule has 0 N–H and O–H groups in total. The molecule has 2 fully saturated rings. The average Bonchev–Trinajstić information content (AvgIpc) is 3.09. The molecular formula is C15H16Br2O2. The minimum absolute atomic E-state index is 0.0854. The van der Waals surface area contributed by atoms with Crippen LogP contribution >= 0.6 is 31.9 Å². The predicted molar refractivity (Wildman–Crippen MR) is 82.1 cm³/mol.